The van der Waals surface area contributed by atoms with E-state index < -0.39 is 0 Å². The quantitative estimate of drug-likeness (QED) is 0.642. The molecule has 0 saturated heterocycles. The molecule has 1 N–H and O–H groups in total. The number of aromatic nitrogens is 1. The second-order valence-corrected chi connectivity index (χ2v) is 5.52. The molecular formula is C17H20ClN3O2. The average Bonchev–Trinajstić information content (AvgIpc) is 2.55. The first kappa shape index (κ1) is 17.1. The molecule has 2 aromatic rings. The van der Waals surface area contributed by atoms with Gasteiger partial charge in [-0.15, -0.1) is 0 Å². The van der Waals surface area contributed by atoms with Crippen LogP contribution in [0.25, 0.3) is 0 Å². The number of ether oxygens (including phenoxy) is 1. The molecule has 0 radical (unpaired) electrons. The lowest BCUT2D eigenvalue weighted by Gasteiger charge is -2.18. The minimum absolute atomic E-state index is 0.226. The molecule has 0 fully saturated rings. The Labute approximate surface area is 141 Å². The zero-order chi connectivity index (χ0) is 16.7. The van der Waals surface area contributed by atoms with Gasteiger partial charge in [0, 0.05) is 19.8 Å². The summed E-state index contributed by atoms with van der Waals surface area (Å²) < 4.78 is 5.71. The Balaban J connectivity index is 1.74. The van der Waals surface area contributed by atoms with Crippen LogP contribution in [0.4, 0.5) is 10.5 Å². The van der Waals surface area contributed by atoms with Crippen molar-refractivity contribution < 1.29 is 9.53 Å². The fourth-order valence-corrected chi connectivity index (χ4v) is 2.16. The van der Waals surface area contributed by atoms with Crippen molar-refractivity contribution in [2.45, 2.75) is 13.3 Å². The van der Waals surface area contributed by atoms with Crippen LogP contribution in [0.3, 0.4) is 0 Å². The molecule has 0 bridgehead atoms. The number of hydrogen-bond donors (Lipinski definition) is 1. The number of aryl methyl sites for hydroxylation is 1. The molecule has 23 heavy (non-hydrogen) atoms. The fraction of sp³-hybridized carbons (Fsp3) is 0.294. The predicted octanol–water partition coefficient (Wildman–Crippen LogP) is 3.98. The van der Waals surface area contributed by atoms with Crippen molar-refractivity contribution in [2.24, 2.45) is 0 Å². The average molecular weight is 334 g/mol. The summed E-state index contributed by atoms with van der Waals surface area (Å²) in [6.45, 7) is 3.14. The van der Waals surface area contributed by atoms with Gasteiger partial charge in [-0.2, -0.15) is 0 Å². The van der Waals surface area contributed by atoms with Gasteiger partial charge in [0.15, 0.2) is 5.15 Å². The van der Waals surface area contributed by atoms with Gasteiger partial charge in [-0.3, -0.25) is 0 Å². The molecular weight excluding hydrogens is 314 g/mol. The molecule has 0 aliphatic rings. The van der Waals surface area contributed by atoms with Gasteiger partial charge >= 0.3 is 6.03 Å². The Morgan fingerprint density at radius 2 is 2.09 bits per heavy atom. The van der Waals surface area contributed by atoms with E-state index in [0.29, 0.717) is 18.8 Å². The number of para-hydroxylation sites is 1. The minimum Gasteiger partial charge on any atom is -0.493 e. The summed E-state index contributed by atoms with van der Waals surface area (Å²) in [6.07, 6.45) is 2.31. The highest BCUT2D eigenvalue weighted by molar-refractivity contribution is 6.32. The van der Waals surface area contributed by atoms with Crippen LogP contribution in [0.2, 0.25) is 5.15 Å². The van der Waals surface area contributed by atoms with Crippen molar-refractivity contribution in [3.63, 3.8) is 0 Å². The highest BCUT2D eigenvalue weighted by Crippen LogP contribution is 2.18. The maximum Gasteiger partial charge on any atom is 0.321 e. The van der Waals surface area contributed by atoms with E-state index in [2.05, 4.69) is 10.3 Å². The van der Waals surface area contributed by atoms with E-state index in [1.165, 1.54) is 0 Å². The summed E-state index contributed by atoms with van der Waals surface area (Å²) in [4.78, 5) is 17.6. The third kappa shape index (κ3) is 5.14. The summed E-state index contributed by atoms with van der Waals surface area (Å²) in [5.74, 6) is 0.877. The SMILES string of the molecule is Cc1ccccc1OCCCN(C)C(=O)Nc1cccnc1Cl. The van der Waals surface area contributed by atoms with Crippen LogP contribution in [0.5, 0.6) is 5.75 Å². The number of rotatable bonds is 6. The van der Waals surface area contributed by atoms with E-state index in [-0.39, 0.29) is 11.2 Å². The molecule has 5 nitrogen and oxygen atoms in total. The van der Waals surface area contributed by atoms with Crippen LogP contribution in [0, 0.1) is 6.92 Å². The lowest BCUT2D eigenvalue weighted by atomic mass is 10.2. The predicted molar refractivity (Wildman–Crippen MR) is 92.2 cm³/mol. The number of nitrogens with one attached hydrogen (secondary N) is 1. The number of amides is 2. The van der Waals surface area contributed by atoms with Crippen molar-refractivity contribution >= 4 is 23.3 Å². The minimum atomic E-state index is -0.226. The van der Waals surface area contributed by atoms with Gasteiger partial charge in [-0.25, -0.2) is 9.78 Å². The third-order valence-corrected chi connectivity index (χ3v) is 3.64. The summed E-state index contributed by atoms with van der Waals surface area (Å²) in [7, 11) is 1.73. The van der Waals surface area contributed by atoms with Crippen LogP contribution in [-0.4, -0.2) is 36.1 Å². The molecule has 0 spiro atoms. The number of pyridine rings is 1. The zero-order valence-corrected chi connectivity index (χ0v) is 14.0. The monoisotopic (exact) mass is 333 g/mol. The molecule has 0 aliphatic heterocycles. The summed E-state index contributed by atoms with van der Waals surface area (Å²) in [6, 6.07) is 11.1. The fourth-order valence-electron chi connectivity index (χ4n) is 1.99. The number of benzene rings is 1. The highest BCUT2D eigenvalue weighted by Gasteiger charge is 2.10. The third-order valence-electron chi connectivity index (χ3n) is 3.34. The topological polar surface area (TPSA) is 54.5 Å². The van der Waals surface area contributed by atoms with E-state index in [1.807, 2.05) is 31.2 Å². The van der Waals surface area contributed by atoms with Gasteiger partial charge in [0.2, 0.25) is 0 Å². The largest absolute Gasteiger partial charge is 0.493 e. The van der Waals surface area contributed by atoms with Crippen molar-refractivity contribution in [1.29, 1.82) is 0 Å². The number of carbonyl (C=O) groups excluding carboxylic acids is 1. The Kier molecular flexibility index (Phi) is 6.23. The normalized spacial score (nSPS) is 10.2. The first-order chi connectivity index (χ1) is 11.1. The lowest BCUT2D eigenvalue weighted by Crippen LogP contribution is -2.32. The molecule has 122 valence electrons. The number of nitrogens with zero attached hydrogens (tertiary/aromatic N) is 2. The Morgan fingerprint density at radius 3 is 2.83 bits per heavy atom. The van der Waals surface area contributed by atoms with Crippen molar-refractivity contribution in [2.75, 3.05) is 25.5 Å². The van der Waals surface area contributed by atoms with Crippen LogP contribution in [0.15, 0.2) is 42.6 Å². The maximum absolute atomic E-state index is 12.1. The lowest BCUT2D eigenvalue weighted by molar-refractivity contribution is 0.216. The van der Waals surface area contributed by atoms with E-state index in [9.17, 15) is 4.79 Å². The molecule has 1 aromatic carbocycles. The van der Waals surface area contributed by atoms with E-state index >= 15 is 0 Å². The van der Waals surface area contributed by atoms with Gasteiger partial charge in [0.25, 0.3) is 0 Å². The van der Waals surface area contributed by atoms with Gasteiger partial charge in [0.05, 0.1) is 12.3 Å². The Hall–Kier alpha value is -2.27. The van der Waals surface area contributed by atoms with Crippen LogP contribution in [-0.2, 0) is 0 Å². The van der Waals surface area contributed by atoms with Crippen LogP contribution >= 0.6 is 11.6 Å². The first-order valence-corrected chi connectivity index (χ1v) is 7.77. The maximum atomic E-state index is 12.1. The van der Waals surface area contributed by atoms with Gasteiger partial charge in [-0.1, -0.05) is 29.8 Å². The van der Waals surface area contributed by atoms with Crippen LogP contribution < -0.4 is 10.1 Å². The van der Waals surface area contributed by atoms with Crippen LogP contribution in [0.1, 0.15) is 12.0 Å². The molecule has 0 aliphatic carbocycles. The second-order valence-electron chi connectivity index (χ2n) is 5.16. The highest BCUT2D eigenvalue weighted by atomic mass is 35.5. The number of anilines is 1. The van der Waals surface area contributed by atoms with Crippen molar-refractivity contribution in [3.05, 3.63) is 53.3 Å². The Bertz CT molecular complexity index is 664. The molecule has 1 aromatic heterocycles. The number of carbonyl (C=O) groups is 1. The number of halogens is 1. The zero-order valence-electron chi connectivity index (χ0n) is 13.3. The molecule has 1 heterocycles. The van der Waals surface area contributed by atoms with Gasteiger partial charge in [0.1, 0.15) is 5.75 Å². The standard InChI is InChI=1S/C17H20ClN3O2/c1-13-7-3-4-9-15(13)23-12-6-11-21(2)17(22)20-14-8-5-10-19-16(14)18/h3-5,7-10H,6,11-12H2,1-2H3,(H,20,22). The van der Waals surface area contributed by atoms with Crippen molar-refractivity contribution in [3.8, 4) is 5.75 Å². The molecule has 0 unspecified atom stereocenters. The summed E-state index contributed by atoms with van der Waals surface area (Å²) in [5, 5.41) is 3.00. The molecule has 0 saturated carbocycles. The number of urea groups is 1. The smallest absolute Gasteiger partial charge is 0.321 e. The number of hydrogen-bond acceptors (Lipinski definition) is 3. The van der Waals surface area contributed by atoms with E-state index in [0.717, 1.165) is 17.7 Å². The summed E-state index contributed by atoms with van der Waals surface area (Å²) >= 11 is 5.92. The molecule has 2 amide bonds. The van der Waals surface area contributed by atoms with Gasteiger partial charge in [-0.05, 0) is 37.1 Å². The van der Waals surface area contributed by atoms with E-state index in [1.54, 1.807) is 30.3 Å². The van der Waals surface area contributed by atoms with Gasteiger partial charge < -0.3 is 15.0 Å². The first-order valence-electron chi connectivity index (χ1n) is 7.39. The molecule has 6 heteroatoms. The molecule has 0 atom stereocenters. The Morgan fingerprint density at radius 1 is 1.30 bits per heavy atom. The molecule has 2 rings (SSSR count). The summed E-state index contributed by atoms with van der Waals surface area (Å²) in [5.41, 5.74) is 1.60. The van der Waals surface area contributed by atoms with E-state index in [4.69, 9.17) is 16.3 Å². The van der Waals surface area contributed by atoms with Crippen molar-refractivity contribution in [1.82, 2.24) is 9.88 Å². The second kappa shape index (κ2) is 8.39.